The third-order valence-corrected chi connectivity index (χ3v) is 34.1. The van der Waals surface area contributed by atoms with Crippen LogP contribution in [-0.2, 0) is 68.9 Å². The van der Waals surface area contributed by atoms with E-state index in [-0.39, 0.29) is 166 Å². The van der Waals surface area contributed by atoms with Crippen LogP contribution in [0, 0.1) is 49.0 Å². The van der Waals surface area contributed by atoms with Gasteiger partial charge in [0.25, 0.3) is 29.3 Å². The van der Waals surface area contributed by atoms with Crippen LogP contribution < -0.4 is 50.7 Å². The normalized spacial score (nSPS) is 20.6. The molecule has 13 heterocycles. The summed E-state index contributed by atoms with van der Waals surface area (Å²) in [6.45, 7) is 41.6. The van der Waals surface area contributed by atoms with E-state index in [1.165, 1.54) is 31.9 Å². The molecule has 0 radical (unpaired) electrons. The van der Waals surface area contributed by atoms with E-state index in [0.717, 1.165) is 110 Å². The number of carbonyl (C=O) groups is 8. The molecule has 11 aliphatic rings. The van der Waals surface area contributed by atoms with Gasteiger partial charge < -0.3 is 55.3 Å². The number of hydrogen-bond donors (Lipinski definition) is 9. The van der Waals surface area contributed by atoms with Crippen LogP contribution in [0.25, 0.3) is 25.0 Å². The number of sulfonamides is 4. The van der Waals surface area contributed by atoms with Crippen LogP contribution >= 0.6 is 0 Å². The number of allylic oxidation sites excluding steroid dienone is 4. The fourth-order valence-corrected chi connectivity index (χ4v) is 25.9. The molecule has 1 spiro atoms. The molecule has 6 aromatic rings. The first-order chi connectivity index (χ1) is 63.2. The lowest BCUT2D eigenvalue weighted by atomic mass is 9.77. The van der Waals surface area contributed by atoms with Crippen molar-refractivity contribution in [1.29, 1.82) is 0 Å². The fourth-order valence-electron chi connectivity index (χ4n) is 18.1. The number of H-pyrrole nitrogens is 2. The minimum absolute atomic E-state index is 0. The summed E-state index contributed by atoms with van der Waals surface area (Å²) in [4.78, 5) is 146. The third kappa shape index (κ3) is 26.2. The number of piperidine rings is 5. The second-order valence-corrected chi connectivity index (χ2v) is 44.2. The molecule has 0 unspecified atom stereocenters. The molecule has 730 valence electrons. The molecule has 0 bridgehead atoms. The molecule has 40 nitrogen and oxygen atoms in total. The first-order valence-electron chi connectivity index (χ1n) is 43.8. The molecule has 4 aromatic heterocycles. The predicted octanol–water partition coefficient (Wildman–Crippen LogP) is 12.9. The number of aromatic nitrogens is 7. The van der Waals surface area contributed by atoms with Gasteiger partial charge in [-0.3, -0.25) is 59.0 Å². The van der Waals surface area contributed by atoms with Gasteiger partial charge in [-0.25, -0.2) is 48.7 Å². The Morgan fingerprint density at radius 3 is 1.43 bits per heavy atom. The number of nitrogens with one attached hydrogen (secondary N) is 9. The Bertz CT molecular complexity index is 6400. The average molecular weight is 1960 g/mol. The molecule has 9 aliphatic heterocycles. The Balaban J connectivity index is 0.000000187. The number of benzene rings is 2. The highest BCUT2D eigenvalue weighted by atomic mass is 32.3. The molecule has 0 atom stereocenters. The summed E-state index contributed by atoms with van der Waals surface area (Å²) in [5.74, 6) is -4.15. The van der Waals surface area contributed by atoms with Crippen molar-refractivity contribution in [3.63, 3.8) is 0 Å². The summed E-state index contributed by atoms with van der Waals surface area (Å²) < 4.78 is 101. The molecule has 8 amide bonds. The van der Waals surface area contributed by atoms with E-state index in [1.54, 1.807) is 76.9 Å². The maximum atomic E-state index is 12.8. The van der Waals surface area contributed by atoms with Gasteiger partial charge in [-0.2, -0.15) is 0 Å². The maximum absolute atomic E-state index is 12.8. The van der Waals surface area contributed by atoms with Crippen molar-refractivity contribution >= 4 is 156 Å². The van der Waals surface area contributed by atoms with E-state index < -0.39 is 63.7 Å². The van der Waals surface area contributed by atoms with Gasteiger partial charge in [-0.15, -0.1) is 25.7 Å². The Kier molecular flexibility index (Phi) is 34.3. The Labute approximate surface area is 800 Å². The topological polar surface area (TPSA) is 508 Å². The SMILES string of the molecule is C.C.C.C.[C-]#[N+]C1=CCC(C(=O)Nc2ccc(C3CC(=O)NC(=O)C3)nc2C2=CCC(C)(C)CC2)=N1.[C-]#[N+]C1=CCC(C(=O)Nc2ccc(C3CC(=O)NC(=O)C3)nc2N2CCC(C)CC2)=N1.[C-]#[N+]c1cnc(C(=O)Nc2ccc(C3CS(=O)(=O)N(C)S(=O)(=O)C3)cc2N2CCC(C)CC2)[nH]1.[C-]#[N+]c1nc(C(=O)Nc2ccc(C3CS(=O)(=O)NS(=O)(=O)C3)cc2N2CCC3(CCCC3)CC2)n[nH]1. The number of imide groups is 2. The second-order valence-electron chi connectivity index (χ2n) is 36.1. The van der Waals surface area contributed by atoms with E-state index in [1.807, 2.05) is 0 Å². The monoisotopic (exact) mass is 1950 g/mol. The van der Waals surface area contributed by atoms with Crippen LogP contribution in [0.3, 0.4) is 0 Å². The van der Waals surface area contributed by atoms with Crippen molar-refractivity contribution < 1.29 is 72.0 Å². The van der Waals surface area contributed by atoms with Crippen LogP contribution in [0.1, 0.15) is 253 Å². The number of aromatic amines is 2. The van der Waals surface area contributed by atoms with Crippen molar-refractivity contribution in [3.05, 3.63) is 182 Å². The Morgan fingerprint density at radius 2 is 0.964 bits per heavy atom. The lowest BCUT2D eigenvalue weighted by Gasteiger charge is -2.41. The molecule has 17 rings (SSSR count). The molecule has 137 heavy (non-hydrogen) atoms. The van der Waals surface area contributed by atoms with Gasteiger partial charge in [0.05, 0.1) is 69.0 Å². The highest BCUT2D eigenvalue weighted by Gasteiger charge is 2.44. The molecule has 8 fully saturated rings. The molecular weight excluding hydrogens is 1840 g/mol. The van der Waals surface area contributed by atoms with Gasteiger partial charge in [0.1, 0.15) is 0 Å². The smallest absolute Gasteiger partial charge is 0.357 e. The zero-order valence-electron chi connectivity index (χ0n) is 73.9. The minimum Gasteiger partial charge on any atom is -0.395 e. The molecule has 1 saturated carbocycles. The summed E-state index contributed by atoms with van der Waals surface area (Å²) in [6, 6.07) is 17.3. The summed E-state index contributed by atoms with van der Waals surface area (Å²) in [7, 11) is -14.8. The maximum Gasteiger partial charge on any atom is 0.357 e. The number of aliphatic imine (C=N–C) groups is 2. The molecular formula is C93H118N24O16S4. The molecule has 44 heteroatoms. The van der Waals surface area contributed by atoms with E-state index in [9.17, 15) is 72.0 Å². The van der Waals surface area contributed by atoms with Gasteiger partial charge in [0.2, 0.25) is 69.5 Å². The molecule has 7 saturated heterocycles. The third-order valence-electron chi connectivity index (χ3n) is 25.8. The highest BCUT2D eigenvalue weighted by molar-refractivity contribution is 8.05. The zero-order chi connectivity index (χ0) is 95.1. The minimum atomic E-state index is -3.97. The average Bonchev–Trinajstić information content (AvgIpc) is 1.52. The highest BCUT2D eigenvalue weighted by Crippen LogP contribution is 2.49. The van der Waals surface area contributed by atoms with Crippen molar-refractivity contribution in [1.82, 2.24) is 53.6 Å². The number of imidazole rings is 1. The zero-order valence-corrected chi connectivity index (χ0v) is 77.2. The van der Waals surface area contributed by atoms with Crippen molar-refractivity contribution in [2.45, 2.75) is 203 Å². The lowest BCUT2D eigenvalue weighted by molar-refractivity contribution is -0.135. The van der Waals surface area contributed by atoms with Crippen LogP contribution in [-0.4, -0.2) is 201 Å². The largest absolute Gasteiger partial charge is 0.395 e. The summed E-state index contributed by atoms with van der Waals surface area (Å²) in [6.07, 6.45) is 21.8. The number of carbonyl (C=O) groups excluding carboxylic acids is 8. The van der Waals surface area contributed by atoms with Gasteiger partial charge >= 0.3 is 23.6 Å². The first kappa shape index (κ1) is 106. The first-order valence-corrected chi connectivity index (χ1v) is 50.4. The predicted molar refractivity (Wildman–Crippen MR) is 523 cm³/mol. The molecule has 2 aliphatic carbocycles. The van der Waals surface area contributed by atoms with Crippen LogP contribution in [0.4, 0.5) is 51.7 Å². The van der Waals surface area contributed by atoms with E-state index in [4.69, 9.17) is 36.3 Å². The van der Waals surface area contributed by atoms with E-state index in [0.29, 0.717) is 113 Å². The number of hydrogen-bond acceptors (Lipinski definition) is 26. The van der Waals surface area contributed by atoms with Crippen molar-refractivity contribution in [2.75, 3.05) is 105 Å². The number of rotatable bonds is 16. The van der Waals surface area contributed by atoms with E-state index >= 15 is 0 Å². The fraction of sp³-hybridized carbons (Fsp3) is 0.495. The van der Waals surface area contributed by atoms with Crippen molar-refractivity contribution in [3.8, 4) is 0 Å². The van der Waals surface area contributed by atoms with Crippen LogP contribution in [0.15, 0.2) is 107 Å². The van der Waals surface area contributed by atoms with Gasteiger partial charge in [-0.05, 0) is 159 Å². The summed E-state index contributed by atoms with van der Waals surface area (Å²) >= 11 is 0. The molecule has 9 N–H and O–H groups in total. The Hall–Kier alpha value is -13.1. The quantitative estimate of drug-likeness (QED) is 0.0321. The Morgan fingerprint density at radius 1 is 0.504 bits per heavy atom. The summed E-state index contributed by atoms with van der Waals surface area (Å²) in [5.41, 5.74) is 8.88. The standard InChI is InChI=1S/C24H25N5O3.C22H27N7O5S2.C22H24N6O3.C21H26N6O5S2.4CH4/c1-24(2)10-8-14(9-11-24)22-17(28-23(32)18-6-7-19(25-3)26-18)5-4-16(27-22)15-12-20(30)29-21(31)13-15;1-23-21-25-19(26-27-21)20(30)24-17-5-4-15(16-13-35(31,32)28-36(33,34)14-16)12-18(17)29-10-8-22(9-11-29)6-2-3-7-22;1-13-7-9-28(10-8-13)21-16(26-22(31)17-5-6-18(23-2)24-17)4-3-15(25-21)14-11-19(29)27-20(30)12-14;1-14-6-8-27(9-7-14)18-10-15(16-12-33(29,30)26(3)34(31,32)13-16)4-5-17(18)24-21(28)20-23-11-19(22-2)25-20;;;;/h4-5,7-8,15H,6,9-13H2,1-2H3,(H,28,32)(H,29,30,31);4-5,12,16,28H,2-3,6-11,13-14H2,(H,24,30)(H,25,26,27);3-4,6,13-14H,5,7-12H2,1H3,(H,26,31)(H,27,29,30);4-5,10-11,14,16H,6-9,12-13H2,1,3H3,(H,23,25)(H,24,28);4*1H4. The van der Waals surface area contributed by atoms with E-state index in [2.05, 4.69) is 135 Å². The van der Waals surface area contributed by atoms with Gasteiger partial charge in [-0.1, -0.05) is 129 Å². The summed E-state index contributed by atoms with van der Waals surface area (Å²) in [5, 5.41) is 22.3. The number of nitrogens with zero attached hydrogens (tertiary/aromatic N) is 15. The number of amides is 8. The van der Waals surface area contributed by atoms with Gasteiger partial charge in [0.15, 0.2) is 17.2 Å². The second kappa shape index (κ2) is 44.4. The lowest BCUT2D eigenvalue weighted by Crippen LogP contribution is -2.45. The van der Waals surface area contributed by atoms with Crippen LogP contribution in [0.5, 0.6) is 0 Å². The number of anilines is 7. The number of pyridine rings is 2. The van der Waals surface area contributed by atoms with Gasteiger partial charge in [0, 0.05) is 120 Å². The van der Waals surface area contributed by atoms with Crippen molar-refractivity contribution in [2.24, 2.45) is 32.7 Å². The van der Waals surface area contributed by atoms with Crippen LogP contribution in [0.2, 0.25) is 0 Å². The molecule has 2 aromatic carbocycles.